The van der Waals surface area contributed by atoms with Crippen molar-refractivity contribution >= 4 is 11.7 Å². The van der Waals surface area contributed by atoms with Crippen LogP contribution in [0.15, 0.2) is 36.4 Å². The molecule has 0 amide bonds. The first kappa shape index (κ1) is 14.9. The first-order valence-electron chi connectivity index (χ1n) is 6.79. The maximum Gasteiger partial charge on any atom is 0.335 e. The number of benzene rings is 2. The zero-order valence-corrected chi connectivity index (χ0v) is 12.4. The van der Waals surface area contributed by atoms with E-state index < -0.39 is 5.97 Å². The van der Waals surface area contributed by atoms with Gasteiger partial charge in [0, 0.05) is 0 Å². The van der Waals surface area contributed by atoms with Crippen molar-refractivity contribution in [2.45, 2.75) is 26.7 Å². The van der Waals surface area contributed by atoms with E-state index in [9.17, 15) is 4.79 Å². The van der Waals surface area contributed by atoms with E-state index in [4.69, 9.17) is 15.6 Å². The molecule has 0 unspecified atom stereocenters. The molecule has 0 aliphatic rings. The minimum atomic E-state index is -1.01. The Kier molecular flexibility index (Phi) is 4.17. The third-order valence-corrected chi connectivity index (χ3v) is 3.35. The van der Waals surface area contributed by atoms with E-state index in [1.165, 1.54) is 23.8 Å². The van der Waals surface area contributed by atoms with Crippen molar-refractivity contribution in [3.63, 3.8) is 0 Å². The fourth-order valence-electron chi connectivity index (χ4n) is 2.24. The van der Waals surface area contributed by atoms with Gasteiger partial charge in [0.25, 0.3) is 0 Å². The van der Waals surface area contributed by atoms with Crippen LogP contribution in [-0.4, -0.2) is 11.1 Å². The minimum Gasteiger partial charge on any atom is -0.478 e. The van der Waals surface area contributed by atoms with Crippen LogP contribution in [0.2, 0.25) is 0 Å². The number of carboxylic acids is 1. The molecule has 0 spiro atoms. The second kappa shape index (κ2) is 5.87. The Morgan fingerprint density at radius 3 is 2.48 bits per heavy atom. The molecule has 4 heteroatoms. The molecular weight excluding hydrogens is 266 g/mol. The topological polar surface area (TPSA) is 72.5 Å². The number of aromatic carboxylic acids is 1. The molecule has 0 aromatic heterocycles. The molecule has 21 heavy (non-hydrogen) atoms. The van der Waals surface area contributed by atoms with Gasteiger partial charge in [0.1, 0.15) is 5.75 Å². The molecule has 0 saturated carbocycles. The molecule has 2 aromatic rings. The van der Waals surface area contributed by atoms with Crippen molar-refractivity contribution in [3.8, 4) is 11.5 Å². The van der Waals surface area contributed by atoms with Gasteiger partial charge in [0.05, 0.1) is 11.3 Å². The summed E-state index contributed by atoms with van der Waals surface area (Å²) in [5.74, 6) is 0.434. The minimum absolute atomic E-state index is 0.148. The summed E-state index contributed by atoms with van der Waals surface area (Å²) < 4.78 is 5.73. The van der Waals surface area contributed by atoms with Crippen molar-refractivity contribution < 1.29 is 14.6 Å². The van der Waals surface area contributed by atoms with Crippen molar-refractivity contribution in [2.75, 3.05) is 5.73 Å². The van der Waals surface area contributed by atoms with Gasteiger partial charge in [-0.2, -0.15) is 0 Å². The Hall–Kier alpha value is -2.49. The van der Waals surface area contributed by atoms with Crippen LogP contribution in [0, 0.1) is 6.92 Å². The first-order valence-corrected chi connectivity index (χ1v) is 6.79. The van der Waals surface area contributed by atoms with E-state index in [0.29, 0.717) is 23.1 Å². The zero-order chi connectivity index (χ0) is 15.6. The average Bonchev–Trinajstić information content (AvgIpc) is 2.40. The number of hydrogen-bond acceptors (Lipinski definition) is 3. The molecule has 0 aliphatic carbocycles. The standard InChI is InChI=1S/C17H19NO3/c1-10(2)14-6-5-13(8-11(14)3)21-16-9-12(17(19)20)4-7-15(16)18/h4-10H,18H2,1-3H3,(H,19,20). The Morgan fingerprint density at radius 2 is 1.90 bits per heavy atom. The number of nitrogens with two attached hydrogens (primary N) is 1. The molecule has 0 aliphatic heterocycles. The summed E-state index contributed by atoms with van der Waals surface area (Å²) in [6.07, 6.45) is 0. The monoisotopic (exact) mass is 285 g/mol. The van der Waals surface area contributed by atoms with E-state index in [1.807, 2.05) is 25.1 Å². The number of carboxylic acid groups (broad SMARTS) is 1. The molecule has 3 N–H and O–H groups in total. The predicted octanol–water partition coefficient (Wildman–Crippen LogP) is 4.19. The average molecular weight is 285 g/mol. The van der Waals surface area contributed by atoms with Gasteiger partial charge in [-0.3, -0.25) is 0 Å². The largest absolute Gasteiger partial charge is 0.478 e. The number of hydrogen-bond donors (Lipinski definition) is 2. The highest BCUT2D eigenvalue weighted by atomic mass is 16.5. The van der Waals surface area contributed by atoms with Crippen LogP contribution in [0.4, 0.5) is 5.69 Å². The van der Waals surface area contributed by atoms with Crippen LogP contribution in [0.3, 0.4) is 0 Å². The van der Waals surface area contributed by atoms with E-state index in [2.05, 4.69) is 13.8 Å². The van der Waals surface area contributed by atoms with Crippen molar-refractivity contribution in [1.82, 2.24) is 0 Å². The van der Waals surface area contributed by atoms with Gasteiger partial charge in [-0.1, -0.05) is 19.9 Å². The van der Waals surface area contributed by atoms with Crippen LogP contribution in [-0.2, 0) is 0 Å². The number of nitrogen functional groups attached to an aromatic ring is 1. The number of anilines is 1. The van der Waals surface area contributed by atoms with Gasteiger partial charge in [0.15, 0.2) is 5.75 Å². The van der Waals surface area contributed by atoms with Gasteiger partial charge in [0.2, 0.25) is 0 Å². The summed E-state index contributed by atoms with van der Waals surface area (Å²) in [4.78, 5) is 11.0. The third-order valence-electron chi connectivity index (χ3n) is 3.35. The molecule has 4 nitrogen and oxygen atoms in total. The van der Waals surface area contributed by atoms with E-state index in [0.717, 1.165) is 5.56 Å². The predicted molar refractivity (Wildman–Crippen MR) is 83.2 cm³/mol. The van der Waals surface area contributed by atoms with E-state index in [1.54, 1.807) is 0 Å². The summed E-state index contributed by atoms with van der Waals surface area (Å²) in [7, 11) is 0. The smallest absolute Gasteiger partial charge is 0.335 e. The second-order valence-electron chi connectivity index (χ2n) is 5.33. The molecular formula is C17H19NO3. The highest BCUT2D eigenvalue weighted by molar-refractivity contribution is 5.89. The van der Waals surface area contributed by atoms with Gasteiger partial charge in [-0.05, 0) is 54.3 Å². The maximum absolute atomic E-state index is 11.0. The SMILES string of the molecule is Cc1cc(Oc2cc(C(=O)O)ccc2N)ccc1C(C)C. The summed E-state index contributed by atoms with van der Waals surface area (Å²) in [5.41, 5.74) is 8.79. The number of carbonyl (C=O) groups is 1. The highest BCUT2D eigenvalue weighted by Crippen LogP contribution is 2.31. The molecule has 0 fully saturated rings. The molecule has 0 radical (unpaired) electrons. The summed E-state index contributed by atoms with van der Waals surface area (Å²) in [6, 6.07) is 10.2. The van der Waals surface area contributed by atoms with Crippen LogP contribution in [0.5, 0.6) is 11.5 Å². The Labute approximate surface area is 124 Å². The van der Waals surface area contributed by atoms with Crippen LogP contribution in [0.1, 0.15) is 41.3 Å². The Balaban J connectivity index is 2.32. The quantitative estimate of drug-likeness (QED) is 0.826. The molecule has 2 aromatic carbocycles. The van der Waals surface area contributed by atoms with Crippen molar-refractivity contribution in [1.29, 1.82) is 0 Å². The summed E-state index contributed by atoms with van der Waals surface area (Å²) in [5, 5.41) is 9.01. The Morgan fingerprint density at radius 1 is 1.19 bits per heavy atom. The third kappa shape index (κ3) is 3.34. The summed E-state index contributed by atoms with van der Waals surface area (Å²) >= 11 is 0. The van der Waals surface area contributed by atoms with Crippen LogP contribution < -0.4 is 10.5 Å². The van der Waals surface area contributed by atoms with E-state index >= 15 is 0 Å². The van der Waals surface area contributed by atoms with Gasteiger partial charge < -0.3 is 15.6 Å². The lowest BCUT2D eigenvalue weighted by Crippen LogP contribution is -1.99. The molecule has 0 heterocycles. The second-order valence-corrected chi connectivity index (χ2v) is 5.33. The van der Waals surface area contributed by atoms with Crippen molar-refractivity contribution in [3.05, 3.63) is 53.1 Å². The van der Waals surface area contributed by atoms with Gasteiger partial charge in [-0.15, -0.1) is 0 Å². The normalized spacial score (nSPS) is 10.7. The zero-order valence-electron chi connectivity index (χ0n) is 12.4. The van der Waals surface area contributed by atoms with E-state index in [-0.39, 0.29) is 5.56 Å². The number of aryl methyl sites for hydroxylation is 1. The van der Waals surface area contributed by atoms with Gasteiger partial charge >= 0.3 is 5.97 Å². The summed E-state index contributed by atoms with van der Waals surface area (Å²) in [6.45, 7) is 6.30. The molecule has 2 rings (SSSR count). The lowest BCUT2D eigenvalue weighted by molar-refractivity contribution is 0.0696. The number of rotatable bonds is 4. The number of ether oxygens (including phenoxy) is 1. The van der Waals surface area contributed by atoms with Crippen LogP contribution >= 0.6 is 0 Å². The fraction of sp³-hybridized carbons (Fsp3) is 0.235. The fourth-order valence-corrected chi connectivity index (χ4v) is 2.24. The maximum atomic E-state index is 11.0. The van der Waals surface area contributed by atoms with Crippen molar-refractivity contribution in [2.24, 2.45) is 0 Å². The Bertz CT molecular complexity index is 678. The first-order chi connectivity index (χ1) is 9.88. The lowest BCUT2D eigenvalue weighted by Gasteiger charge is -2.13. The lowest BCUT2D eigenvalue weighted by atomic mass is 9.98. The molecule has 0 atom stereocenters. The van der Waals surface area contributed by atoms with Crippen LogP contribution in [0.25, 0.3) is 0 Å². The molecule has 0 saturated heterocycles. The van der Waals surface area contributed by atoms with Gasteiger partial charge in [-0.25, -0.2) is 4.79 Å². The molecule has 0 bridgehead atoms. The molecule has 110 valence electrons. The highest BCUT2D eigenvalue weighted by Gasteiger charge is 2.10.